The zero-order valence-electron chi connectivity index (χ0n) is 9.97. The third-order valence-electron chi connectivity index (χ3n) is 2.99. The molecule has 0 radical (unpaired) electrons. The van der Waals surface area contributed by atoms with Gasteiger partial charge in [-0.2, -0.15) is 0 Å². The van der Waals surface area contributed by atoms with Crippen molar-refractivity contribution in [1.82, 2.24) is 5.32 Å². The van der Waals surface area contributed by atoms with Gasteiger partial charge in [0.25, 0.3) is 0 Å². The highest BCUT2D eigenvalue weighted by atomic mass is 32.1. The first-order valence-electron chi connectivity index (χ1n) is 5.56. The number of nitrogens with two attached hydrogens (primary N) is 1. The topological polar surface area (TPSA) is 38.0 Å². The summed E-state index contributed by atoms with van der Waals surface area (Å²) in [6.45, 7) is 9.29. The SMILES string of the molecule is CCC(C)(CN)CNCc1ccc(C)s1. The van der Waals surface area contributed by atoms with E-state index in [0.29, 0.717) is 0 Å². The molecule has 0 spiro atoms. The van der Waals surface area contributed by atoms with Crippen LogP contribution in [0.3, 0.4) is 0 Å². The summed E-state index contributed by atoms with van der Waals surface area (Å²) in [4.78, 5) is 2.78. The van der Waals surface area contributed by atoms with Crippen LogP contribution in [0.1, 0.15) is 30.0 Å². The van der Waals surface area contributed by atoms with Gasteiger partial charge in [-0.3, -0.25) is 0 Å². The predicted molar refractivity (Wildman–Crippen MR) is 68.2 cm³/mol. The Balaban J connectivity index is 2.32. The van der Waals surface area contributed by atoms with Crippen LogP contribution in [-0.4, -0.2) is 13.1 Å². The molecule has 0 aliphatic carbocycles. The van der Waals surface area contributed by atoms with E-state index in [4.69, 9.17) is 5.73 Å². The number of rotatable bonds is 6. The molecule has 0 aliphatic rings. The second-order valence-electron chi connectivity index (χ2n) is 4.48. The van der Waals surface area contributed by atoms with E-state index in [1.54, 1.807) is 0 Å². The van der Waals surface area contributed by atoms with Crippen molar-refractivity contribution in [3.63, 3.8) is 0 Å². The average molecular weight is 226 g/mol. The summed E-state index contributed by atoms with van der Waals surface area (Å²) < 4.78 is 0. The third kappa shape index (κ3) is 3.93. The Morgan fingerprint density at radius 2 is 2.20 bits per heavy atom. The van der Waals surface area contributed by atoms with E-state index >= 15 is 0 Å². The van der Waals surface area contributed by atoms with Crippen molar-refractivity contribution >= 4 is 11.3 Å². The lowest BCUT2D eigenvalue weighted by Crippen LogP contribution is -2.37. The molecule has 2 nitrogen and oxygen atoms in total. The van der Waals surface area contributed by atoms with E-state index < -0.39 is 0 Å². The summed E-state index contributed by atoms with van der Waals surface area (Å²) in [6.07, 6.45) is 1.12. The number of hydrogen-bond donors (Lipinski definition) is 2. The summed E-state index contributed by atoms with van der Waals surface area (Å²) in [5.74, 6) is 0. The highest BCUT2D eigenvalue weighted by Crippen LogP contribution is 2.19. The molecule has 0 fully saturated rings. The molecule has 1 unspecified atom stereocenters. The molecule has 86 valence electrons. The predicted octanol–water partition coefficient (Wildman–Crippen LogP) is 2.52. The fourth-order valence-electron chi connectivity index (χ4n) is 1.41. The van der Waals surface area contributed by atoms with Gasteiger partial charge in [-0.1, -0.05) is 13.8 Å². The van der Waals surface area contributed by atoms with Crippen molar-refractivity contribution in [3.8, 4) is 0 Å². The standard InChI is InChI=1S/C12H22N2S/c1-4-12(3,8-13)9-14-7-11-6-5-10(2)15-11/h5-6,14H,4,7-9,13H2,1-3H3. The maximum absolute atomic E-state index is 5.76. The molecular formula is C12H22N2S. The van der Waals surface area contributed by atoms with Gasteiger partial charge in [0.05, 0.1) is 0 Å². The van der Waals surface area contributed by atoms with Gasteiger partial charge in [-0.05, 0) is 37.4 Å². The summed E-state index contributed by atoms with van der Waals surface area (Å²) in [5.41, 5.74) is 6.01. The second-order valence-corrected chi connectivity index (χ2v) is 5.86. The first-order chi connectivity index (χ1) is 7.09. The van der Waals surface area contributed by atoms with Crippen LogP contribution in [0.25, 0.3) is 0 Å². The molecule has 1 aromatic rings. The quantitative estimate of drug-likeness (QED) is 0.782. The summed E-state index contributed by atoms with van der Waals surface area (Å²) in [7, 11) is 0. The number of nitrogens with one attached hydrogen (secondary N) is 1. The van der Waals surface area contributed by atoms with Crippen molar-refractivity contribution in [2.75, 3.05) is 13.1 Å². The van der Waals surface area contributed by atoms with Crippen molar-refractivity contribution in [2.24, 2.45) is 11.1 Å². The van der Waals surface area contributed by atoms with Crippen LogP contribution >= 0.6 is 11.3 Å². The first-order valence-corrected chi connectivity index (χ1v) is 6.37. The lowest BCUT2D eigenvalue weighted by atomic mass is 9.88. The molecule has 0 saturated carbocycles. The molecule has 0 bridgehead atoms. The van der Waals surface area contributed by atoms with E-state index in [9.17, 15) is 0 Å². The van der Waals surface area contributed by atoms with Crippen LogP contribution in [0.4, 0.5) is 0 Å². The molecule has 0 aliphatic heterocycles. The third-order valence-corrected chi connectivity index (χ3v) is 3.99. The van der Waals surface area contributed by atoms with E-state index in [2.05, 4.69) is 38.2 Å². The van der Waals surface area contributed by atoms with Crippen LogP contribution in [0.15, 0.2) is 12.1 Å². The van der Waals surface area contributed by atoms with E-state index in [1.807, 2.05) is 11.3 Å². The Morgan fingerprint density at radius 3 is 2.67 bits per heavy atom. The Labute approximate surface area is 96.9 Å². The normalized spacial score (nSPS) is 15.2. The van der Waals surface area contributed by atoms with Crippen LogP contribution in [-0.2, 0) is 6.54 Å². The zero-order chi connectivity index (χ0) is 11.3. The van der Waals surface area contributed by atoms with Gasteiger partial charge in [0.15, 0.2) is 0 Å². The van der Waals surface area contributed by atoms with Gasteiger partial charge in [-0.15, -0.1) is 11.3 Å². The van der Waals surface area contributed by atoms with Crippen LogP contribution in [0.5, 0.6) is 0 Å². The van der Waals surface area contributed by atoms with Crippen molar-refractivity contribution in [3.05, 3.63) is 21.9 Å². The fraction of sp³-hybridized carbons (Fsp3) is 0.667. The zero-order valence-corrected chi connectivity index (χ0v) is 10.8. The molecule has 3 N–H and O–H groups in total. The minimum Gasteiger partial charge on any atom is -0.330 e. The minimum absolute atomic E-state index is 0.242. The first kappa shape index (κ1) is 12.7. The molecule has 3 heteroatoms. The Hall–Kier alpha value is -0.380. The molecule has 15 heavy (non-hydrogen) atoms. The number of aryl methyl sites for hydroxylation is 1. The molecule has 0 saturated heterocycles. The van der Waals surface area contributed by atoms with Crippen LogP contribution in [0, 0.1) is 12.3 Å². The van der Waals surface area contributed by atoms with Gasteiger partial charge >= 0.3 is 0 Å². The highest BCUT2D eigenvalue weighted by molar-refractivity contribution is 7.11. The lowest BCUT2D eigenvalue weighted by molar-refractivity contribution is 0.303. The summed E-state index contributed by atoms with van der Waals surface area (Å²) in [6, 6.07) is 4.36. The van der Waals surface area contributed by atoms with Gasteiger partial charge in [0.2, 0.25) is 0 Å². The summed E-state index contributed by atoms with van der Waals surface area (Å²) in [5, 5.41) is 3.49. The monoisotopic (exact) mass is 226 g/mol. The average Bonchev–Trinajstić information content (AvgIpc) is 2.64. The molecule has 1 rings (SSSR count). The molecule has 0 amide bonds. The molecular weight excluding hydrogens is 204 g/mol. The molecule has 0 aromatic carbocycles. The second kappa shape index (κ2) is 5.64. The van der Waals surface area contributed by atoms with Crippen molar-refractivity contribution in [2.45, 2.75) is 33.7 Å². The Kier molecular flexibility index (Phi) is 4.77. The maximum Gasteiger partial charge on any atom is 0.0300 e. The minimum atomic E-state index is 0.242. The smallest absolute Gasteiger partial charge is 0.0300 e. The van der Waals surface area contributed by atoms with Crippen LogP contribution < -0.4 is 11.1 Å². The van der Waals surface area contributed by atoms with E-state index in [1.165, 1.54) is 9.75 Å². The van der Waals surface area contributed by atoms with Gasteiger partial charge in [0, 0.05) is 22.8 Å². The van der Waals surface area contributed by atoms with Gasteiger partial charge < -0.3 is 11.1 Å². The highest BCUT2D eigenvalue weighted by Gasteiger charge is 2.19. The molecule has 1 heterocycles. The lowest BCUT2D eigenvalue weighted by Gasteiger charge is -2.26. The van der Waals surface area contributed by atoms with Gasteiger partial charge in [0.1, 0.15) is 0 Å². The number of hydrogen-bond acceptors (Lipinski definition) is 3. The maximum atomic E-state index is 5.76. The Morgan fingerprint density at radius 1 is 1.47 bits per heavy atom. The molecule has 1 aromatic heterocycles. The fourth-order valence-corrected chi connectivity index (χ4v) is 2.27. The Bertz CT molecular complexity index is 290. The van der Waals surface area contributed by atoms with E-state index in [-0.39, 0.29) is 5.41 Å². The van der Waals surface area contributed by atoms with Crippen LogP contribution in [0.2, 0.25) is 0 Å². The van der Waals surface area contributed by atoms with Gasteiger partial charge in [-0.25, -0.2) is 0 Å². The summed E-state index contributed by atoms with van der Waals surface area (Å²) >= 11 is 1.86. The van der Waals surface area contributed by atoms with Crippen molar-refractivity contribution in [1.29, 1.82) is 0 Å². The van der Waals surface area contributed by atoms with Crippen molar-refractivity contribution < 1.29 is 0 Å². The largest absolute Gasteiger partial charge is 0.330 e. The van der Waals surface area contributed by atoms with E-state index in [0.717, 1.165) is 26.1 Å². The molecule has 1 atom stereocenters. The number of thiophene rings is 1.